The van der Waals surface area contributed by atoms with Crippen molar-refractivity contribution in [3.63, 3.8) is 0 Å². The fourth-order valence-electron chi connectivity index (χ4n) is 1.24. The molecule has 0 radical (unpaired) electrons. The number of benzene rings is 1. The third-order valence-electron chi connectivity index (χ3n) is 2.03. The van der Waals surface area contributed by atoms with Gasteiger partial charge in [0.05, 0.1) is 6.04 Å². The van der Waals surface area contributed by atoms with Crippen LogP contribution in [0.3, 0.4) is 0 Å². The van der Waals surface area contributed by atoms with Crippen LogP contribution in [0.5, 0.6) is 0 Å². The molecule has 0 amide bonds. The molecule has 84 valence electrons. The number of nitrogens with one attached hydrogen (secondary N) is 1. The molecule has 1 aromatic carbocycles. The Morgan fingerprint density at radius 1 is 1.33 bits per heavy atom. The van der Waals surface area contributed by atoms with E-state index in [2.05, 4.69) is 11.9 Å². The van der Waals surface area contributed by atoms with E-state index in [1.807, 2.05) is 51.2 Å². The Kier molecular flexibility index (Phi) is 7.38. The quantitative estimate of drug-likeness (QED) is 0.744. The van der Waals surface area contributed by atoms with Crippen molar-refractivity contribution in [2.45, 2.75) is 26.3 Å². The maximum absolute atomic E-state index is 9.22. The van der Waals surface area contributed by atoms with Crippen molar-refractivity contribution < 1.29 is 5.11 Å². The fraction of sp³-hybridized carbons (Fsp3) is 0.385. The maximum Gasteiger partial charge on any atom is 0.102 e. The van der Waals surface area contributed by atoms with Gasteiger partial charge in [-0.3, -0.25) is 0 Å². The molecule has 0 saturated heterocycles. The minimum absolute atomic E-state index is 0.0533. The van der Waals surface area contributed by atoms with E-state index in [-0.39, 0.29) is 11.8 Å². The Labute approximate surface area is 92.6 Å². The van der Waals surface area contributed by atoms with Gasteiger partial charge in [0.2, 0.25) is 0 Å². The molecule has 0 fully saturated rings. The summed E-state index contributed by atoms with van der Waals surface area (Å²) in [6, 6.07) is 9.97. The largest absolute Gasteiger partial charge is 0.511 e. The van der Waals surface area contributed by atoms with Gasteiger partial charge in [0.25, 0.3) is 0 Å². The smallest absolute Gasteiger partial charge is 0.102 e. The van der Waals surface area contributed by atoms with Crippen molar-refractivity contribution in [3.05, 3.63) is 48.2 Å². The highest BCUT2D eigenvalue weighted by molar-refractivity contribution is 5.17. The summed E-state index contributed by atoms with van der Waals surface area (Å²) in [6.45, 7) is 7.52. The van der Waals surface area contributed by atoms with Crippen LogP contribution in [-0.2, 0) is 6.42 Å². The molecule has 1 aromatic rings. The Bertz CT molecular complexity index is 269. The van der Waals surface area contributed by atoms with Gasteiger partial charge in [0.15, 0.2) is 0 Å². The second-order valence-corrected chi connectivity index (χ2v) is 3.02. The van der Waals surface area contributed by atoms with E-state index < -0.39 is 0 Å². The average molecular weight is 207 g/mol. The Balaban J connectivity index is 0.000000921. The van der Waals surface area contributed by atoms with Crippen LogP contribution in [0.2, 0.25) is 0 Å². The SMILES string of the molecule is C=C(O)C(Cc1ccccc1)NC.CC. The van der Waals surface area contributed by atoms with E-state index >= 15 is 0 Å². The Morgan fingerprint density at radius 3 is 2.27 bits per heavy atom. The van der Waals surface area contributed by atoms with Crippen LogP contribution in [-0.4, -0.2) is 18.2 Å². The molecule has 2 nitrogen and oxygen atoms in total. The van der Waals surface area contributed by atoms with Gasteiger partial charge in [-0.2, -0.15) is 0 Å². The lowest BCUT2D eigenvalue weighted by Gasteiger charge is -2.14. The van der Waals surface area contributed by atoms with Crippen molar-refractivity contribution >= 4 is 0 Å². The first kappa shape index (κ1) is 13.7. The lowest BCUT2D eigenvalue weighted by Crippen LogP contribution is -2.29. The van der Waals surface area contributed by atoms with Crippen LogP contribution < -0.4 is 5.32 Å². The van der Waals surface area contributed by atoms with Crippen LogP contribution in [0.1, 0.15) is 19.4 Å². The number of aliphatic hydroxyl groups is 1. The van der Waals surface area contributed by atoms with Crippen LogP contribution >= 0.6 is 0 Å². The zero-order chi connectivity index (χ0) is 11.7. The summed E-state index contributed by atoms with van der Waals surface area (Å²) in [5.41, 5.74) is 1.19. The van der Waals surface area contributed by atoms with E-state index in [1.165, 1.54) is 5.56 Å². The number of rotatable bonds is 4. The number of likely N-dealkylation sites (N-methyl/N-ethyl adjacent to an activating group) is 1. The van der Waals surface area contributed by atoms with E-state index in [1.54, 1.807) is 0 Å². The van der Waals surface area contributed by atoms with Gasteiger partial charge in [-0.1, -0.05) is 50.8 Å². The maximum atomic E-state index is 9.22. The molecular formula is C13H21NO. The first-order valence-corrected chi connectivity index (χ1v) is 5.33. The molecule has 0 aliphatic heterocycles. The van der Waals surface area contributed by atoms with E-state index in [9.17, 15) is 5.11 Å². The molecule has 1 rings (SSSR count). The lowest BCUT2D eigenvalue weighted by molar-refractivity contribution is 0.349. The molecule has 1 atom stereocenters. The van der Waals surface area contributed by atoms with Crippen molar-refractivity contribution in [2.24, 2.45) is 0 Å². The summed E-state index contributed by atoms with van der Waals surface area (Å²) in [7, 11) is 1.81. The van der Waals surface area contributed by atoms with Crippen molar-refractivity contribution in [1.82, 2.24) is 5.32 Å². The zero-order valence-corrected chi connectivity index (χ0v) is 9.83. The molecule has 15 heavy (non-hydrogen) atoms. The van der Waals surface area contributed by atoms with Crippen LogP contribution in [0.15, 0.2) is 42.7 Å². The second kappa shape index (κ2) is 8.06. The summed E-state index contributed by atoms with van der Waals surface area (Å²) in [5.74, 6) is 0.186. The summed E-state index contributed by atoms with van der Waals surface area (Å²) in [4.78, 5) is 0. The monoisotopic (exact) mass is 207 g/mol. The highest BCUT2D eigenvalue weighted by atomic mass is 16.3. The normalized spacial score (nSPS) is 11.1. The van der Waals surface area contributed by atoms with Crippen molar-refractivity contribution in [3.8, 4) is 0 Å². The first-order valence-electron chi connectivity index (χ1n) is 5.33. The van der Waals surface area contributed by atoms with E-state index in [0.717, 1.165) is 6.42 Å². The molecule has 0 spiro atoms. The molecular weight excluding hydrogens is 186 g/mol. The molecule has 0 saturated carbocycles. The standard InChI is InChI=1S/C11H15NO.C2H6/c1-9(13)11(12-2)8-10-6-4-3-5-7-10;1-2/h3-7,11-13H,1,8H2,2H3;1-2H3. The molecule has 2 N–H and O–H groups in total. The second-order valence-electron chi connectivity index (χ2n) is 3.02. The molecule has 0 aromatic heterocycles. The minimum Gasteiger partial charge on any atom is -0.511 e. The lowest BCUT2D eigenvalue weighted by atomic mass is 10.1. The zero-order valence-electron chi connectivity index (χ0n) is 9.83. The van der Waals surface area contributed by atoms with Gasteiger partial charge < -0.3 is 10.4 Å². The third-order valence-corrected chi connectivity index (χ3v) is 2.03. The number of hydrogen-bond donors (Lipinski definition) is 2. The van der Waals surface area contributed by atoms with E-state index in [0.29, 0.717) is 0 Å². The molecule has 0 bridgehead atoms. The van der Waals surface area contributed by atoms with Crippen LogP contribution in [0.25, 0.3) is 0 Å². The molecule has 0 aliphatic rings. The molecule has 2 heteroatoms. The van der Waals surface area contributed by atoms with Gasteiger partial charge in [-0.15, -0.1) is 0 Å². The molecule has 0 aliphatic carbocycles. The van der Waals surface area contributed by atoms with Crippen molar-refractivity contribution in [1.29, 1.82) is 0 Å². The third kappa shape index (κ3) is 5.23. The highest BCUT2D eigenvalue weighted by Crippen LogP contribution is 2.06. The van der Waals surface area contributed by atoms with Gasteiger partial charge in [-0.25, -0.2) is 0 Å². The summed E-state index contributed by atoms with van der Waals surface area (Å²) in [5, 5.41) is 12.2. The topological polar surface area (TPSA) is 32.3 Å². The van der Waals surface area contributed by atoms with Crippen LogP contribution in [0, 0.1) is 0 Å². The minimum atomic E-state index is -0.0533. The Morgan fingerprint density at radius 2 is 1.87 bits per heavy atom. The van der Waals surface area contributed by atoms with Gasteiger partial charge in [-0.05, 0) is 19.0 Å². The summed E-state index contributed by atoms with van der Waals surface area (Å²) >= 11 is 0. The average Bonchev–Trinajstić information content (AvgIpc) is 2.29. The first-order chi connectivity index (χ1) is 7.24. The fourth-order valence-corrected chi connectivity index (χ4v) is 1.24. The predicted molar refractivity (Wildman–Crippen MR) is 66.1 cm³/mol. The Hall–Kier alpha value is -1.28. The predicted octanol–water partition coefficient (Wildman–Crippen LogP) is 2.92. The summed E-state index contributed by atoms with van der Waals surface area (Å²) in [6.07, 6.45) is 0.771. The van der Waals surface area contributed by atoms with Crippen molar-refractivity contribution in [2.75, 3.05) is 7.05 Å². The van der Waals surface area contributed by atoms with Gasteiger partial charge >= 0.3 is 0 Å². The molecule has 1 unspecified atom stereocenters. The number of hydrogen-bond acceptors (Lipinski definition) is 2. The van der Waals surface area contributed by atoms with Gasteiger partial charge in [0.1, 0.15) is 5.76 Å². The highest BCUT2D eigenvalue weighted by Gasteiger charge is 2.08. The number of aliphatic hydroxyl groups excluding tert-OH is 1. The van der Waals surface area contributed by atoms with Gasteiger partial charge in [0, 0.05) is 0 Å². The summed E-state index contributed by atoms with van der Waals surface area (Å²) < 4.78 is 0. The van der Waals surface area contributed by atoms with E-state index in [4.69, 9.17) is 0 Å². The van der Waals surface area contributed by atoms with Crippen LogP contribution in [0.4, 0.5) is 0 Å². The molecule has 0 heterocycles.